The Morgan fingerprint density at radius 2 is 2.50 bits per heavy atom. The molecule has 0 amide bonds. The number of rotatable bonds is 1. The second kappa shape index (κ2) is 1.93. The monoisotopic (exact) mass is 143 g/mol. The maximum Gasteiger partial charge on any atom is 0.310 e. The molecular formula is C6H9NO3. The Labute approximate surface area is 58.2 Å². The van der Waals surface area contributed by atoms with Crippen LogP contribution in [0.25, 0.3) is 0 Å². The average molecular weight is 143 g/mol. The molecule has 3 atom stereocenters. The van der Waals surface area contributed by atoms with E-state index < -0.39 is 5.97 Å². The predicted molar refractivity (Wildman–Crippen MR) is 32.7 cm³/mol. The number of hydrogen-bond donors (Lipinski definition) is 2. The summed E-state index contributed by atoms with van der Waals surface area (Å²) < 4.78 is 5.18. The van der Waals surface area contributed by atoms with Crippen molar-refractivity contribution in [1.29, 1.82) is 0 Å². The van der Waals surface area contributed by atoms with Crippen molar-refractivity contribution in [2.45, 2.75) is 12.1 Å². The van der Waals surface area contributed by atoms with Crippen LogP contribution >= 0.6 is 0 Å². The highest BCUT2D eigenvalue weighted by molar-refractivity contribution is 5.76. The molecular weight excluding hydrogens is 134 g/mol. The Balaban J connectivity index is 1.99. The summed E-state index contributed by atoms with van der Waals surface area (Å²) >= 11 is 0. The van der Waals surface area contributed by atoms with E-state index >= 15 is 0 Å². The maximum absolute atomic E-state index is 10.4. The molecule has 2 aliphatic rings. The fraction of sp³-hybridized carbons (Fsp3) is 0.833. The zero-order valence-corrected chi connectivity index (χ0v) is 5.41. The highest BCUT2D eigenvalue weighted by Crippen LogP contribution is 2.36. The zero-order chi connectivity index (χ0) is 7.14. The smallest absolute Gasteiger partial charge is 0.310 e. The molecule has 0 radical (unpaired) electrons. The van der Waals surface area contributed by atoms with E-state index in [1.54, 1.807) is 0 Å². The summed E-state index contributed by atoms with van der Waals surface area (Å²) in [6.45, 7) is 1.43. The molecule has 0 aromatic rings. The van der Waals surface area contributed by atoms with E-state index in [-0.39, 0.29) is 18.1 Å². The van der Waals surface area contributed by atoms with E-state index in [0.717, 1.165) is 6.54 Å². The van der Waals surface area contributed by atoms with Crippen molar-refractivity contribution < 1.29 is 14.6 Å². The molecule has 3 unspecified atom stereocenters. The number of ether oxygens (including phenoxy) is 1. The van der Waals surface area contributed by atoms with Crippen LogP contribution in [0.1, 0.15) is 0 Å². The third-order valence-corrected chi connectivity index (χ3v) is 2.03. The molecule has 2 N–H and O–H groups in total. The van der Waals surface area contributed by atoms with Gasteiger partial charge in [0.15, 0.2) is 0 Å². The lowest BCUT2D eigenvalue weighted by atomic mass is 10.4. The molecule has 0 aromatic heterocycles. The number of morpholine rings is 1. The summed E-state index contributed by atoms with van der Waals surface area (Å²) in [6.07, 6.45) is -0.0498. The van der Waals surface area contributed by atoms with Crippen LogP contribution in [-0.2, 0) is 9.53 Å². The number of fused-ring (bicyclic) bond motifs is 1. The third kappa shape index (κ3) is 0.726. The Morgan fingerprint density at radius 3 is 3.00 bits per heavy atom. The van der Waals surface area contributed by atoms with Gasteiger partial charge in [-0.05, 0) is 0 Å². The van der Waals surface area contributed by atoms with Gasteiger partial charge in [-0.15, -0.1) is 0 Å². The third-order valence-electron chi connectivity index (χ3n) is 2.03. The summed E-state index contributed by atoms with van der Waals surface area (Å²) in [6, 6.07) is 0.0891. The van der Waals surface area contributed by atoms with Gasteiger partial charge in [0.2, 0.25) is 0 Å². The van der Waals surface area contributed by atoms with Gasteiger partial charge in [-0.3, -0.25) is 4.79 Å². The Kier molecular flexibility index (Phi) is 1.18. The number of carbonyl (C=O) groups is 1. The van der Waals surface area contributed by atoms with Gasteiger partial charge in [0.1, 0.15) is 5.92 Å². The summed E-state index contributed by atoms with van der Waals surface area (Å²) in [5.41, 5.74) is 0. The number of carboxylic acids is 1. The van der Waals surface area contributed by atoms with Crippen LogP contribution in [0.2, 0.25) is 0 Å². The van der Waals surface area contributed by atoms with Crippen molar-refractivity contribution in [3.63, 3.8) is 0 Å². The fourth-order valence-electron chi connectivity index (χ4n) is 1.45. The minimum Gasteiger partial charge on any atom is -0.481 e. The van der Waals surface area contributed by atoms with Gasteiger partial charge < -0.3 is 15.2 Å². The molecule has 0 bridgehead atoms. The molecule has 1 saturated carbocycles. The lowest BCUT2D eigenvalue weighted by molar-refractivity contribution is -0.139. The first kappa shape index (κ1) is 6.12. The van der Waals surface area contributed by atoms with E-state index in [4.69, 9.17) is 9.84 Å². The van der Waals surface area contributed by atoms with E-state index in [1.807, 2.05) is 0 Å². The van der Waals surface area contributed by atoms with Crippen LogP contribution in [0, 0.1) is 5.92 Å². The Morgan fingerprint density at radius 1 is 1.70 bits per heavy atom. The molecule has 1 aliphatic heterocycles. The number of hydrogen-bond acceptors (Lipinski definition) is 3. The van der Waals surface area contributed by atoms with Crippen molar-refractivity contribution in [2.24, 2.45) is 5.92 Å². The first-order chi connectivity index (χ1) is 4.80. The van der Waals surface area contributed by atoms with E-state index in [2.05, 4.69) is 5.32 Å². The van der Waals surface area contributed by atoms with E-state index in [1.165, 1.54) is 0 Å². The highest BCUT2D eigenvalue weighted by Gasteiger charge is 2.57. The van der Waals surface area contributed by atoms with Crippen LogP contribution in [0.4, 0.5) is 0 Å². The summed E-state index contributed by atoms with van der Waals surface area (Å²) in [5.74, 6) is -1.04. The van der Waals surface area contributed by atoms with Crippen LogP contribution in [0.3, 0.4) is 0 Å². The molecule has 0 aromatic carbocycles. The van der Waals surface area contributed by atoms with Gasteiger partial charge >= 0.3 is 5.97 Å². The van der Waals surface area contributed by atoms with Gasteiger partial charge in [0.25, 0.3) is 0 Å². The first-order valence-corrected chi connectivity index (χ1v) is 3.38. The normalized spacial score (nSPS) is 44.2. The molecule has 0 spiro atoms. The Hall–Kier alpha value is -0.610. The van der Waals surface area contributed by atoms with Crippen molar-refractivity contribution in [3.8, 4) is 0 Å². The molecule has 4 heteroatoms. The van der Waals surface area contributed by atoms with Crippen LogP contribution in [-0.4, -0.2) is 36.4 Å². The molecule has 2 rings (SSSR count). The second-order valence-electron chi connectivity index (χ2n) is 2.68. The lowest BCUT2D eigenvalue weighted by Gasteiger charge is -2.09. The van der Waals surface area contributed by atoms with Crippen molar-refractivity contribution in [3.05, 3.63) is 0 Å². The Bertz CT molecular complexity index is 158. The molecule has 10 heavy (non-hydrogen) atoms. The van der Waals surface area contributed by atoms with Crippen molar-refractivity contribution in [2.75, 3.05) is 13.2 Å². The summed E-state index contributed by atoms with van der Waals surface area (Å²) in [5, 5.41) is 11.6. The van der Waals surface area contributed by atoms with Gasteiger partial charge in [0, 0.05) is 6.54 Å². The van der Waals surface area contributed by atoms with Crippen molar-refractivity contribution in [1.82, 2.24) is 5.32 Å². The van der Waals surface area contributed by atoms with Crippen LogP contribution in [0.5, 0.6) is 0 Å². The van der Waals surface area contributed by atoms with Gasteiger partial charge in [-0.1, -0.05) is 0 Å². The fourth-order valence-corrected chi connectivity index (χ4v) is 1.45. The topological polar surface area (TPSA) is 58.6 Å². The van der Waals surface area contributed by atoms with E-state index in [0.29, 0.717) is 6.61 Å². The standard InChI is InChI=1S/C6H9NO3/c8-6(9)3-4-5(3)10-2-1-7-4/h3-5,7H,1-2H2,(H,8,9). The molecule has 1 heterocycles. The quantitative estimate of drug-likeness (QED) is 0.497. The molecule has 4 nitrogen and oxygen atoms in total. The zero-order valence-electron chi connectivity index (χ0n) is 5.41. The second-order valence-corrected chi connectivity index (χ2v) is 2.68. The predicted octanol–water partition coefficient (Wildman–Crippen LogP) is -0.942. The minimum absolute atomic E-state index is 0.0498. The lowest BCUT2D eigenvalue weighted by Crippen LogP contribution is -2.30. The largest absolute Gasteiger partial charge is 0.481 e. The molecule has 56 valence electrons. The number of carboxylic acid groups (broad SMARTS) is 1. The summed E-state index contributed by atoms with van der Waals surface area (Å²) in [7, 11) is 0. The van der Waals surface area contributed by atoms with Gasteiger partial charge in [0.05, 0.1) is 18.8 Å². The highest BCUT2D eigenvalue weighted by atomic mass is 16.5. The first-order valence-electron chi connectivity index (χ1n) is 3.38. The van der Waals surface area contributed by atoms with Crippen LogP contribution < -0.4 is 5.32 Å². The maximum atomic E-state index is 10.4. The molecule has 1 saturated heterocycles. The van der Waals surface area contributed by atoms with Gasteiger partial charge in [-0.25, -0.2) is 0 Å². The number of nitrogens with one attached hydrogen (secondary N) is 1. The minimum atomic E-state index is -0.746. The molecule has 1 aliphatic carbocycles. The average Bonchev–Trinajstić information content (AvgIpc) is 2.60. The summed E-state index contributed by atoms with van der Waals surface area (Å²) in [4.78, 5) is 10.4. The van der Waals surface area contributed by atoms with Gasteiger partial charge in [-0.2, -0.15) is 0 Å². The van der Waals surface area contributed by atoms with E-state index in [9.17, 15) is 4.79 Å². The molecule has 2 fully saturated rings. The van der Waals surface area contributed by atoms with Crippen molar-refractivity contribution >= 4 is 5.97 Å². The SMILES string of the molecule is O=C(O)C1C2NCCOC21. The number of aliphatic carboxylic acids is 1. The van der Waals surface area contributed by atoms with Crippen LogP contribution in [0.15, 0.2) is 0 Å².